The Labute approximate surface area is 191 Å². The number of benzene rings is 3. The standard InChI is InChI=1S/C25H16N4O5/c30-22(14-6-2-1-3-7-14)19-20(28-27-16-12-10-15(11-13-16)25(33)34)24(32)29-18-9-5-4-8-17(18)26-23(31)21(19)29/h1-13,32H,(H,26,31)(H,33,34). The number of aromatic amines is 1. The number of nitrogens with zero attached hydrogens (tertiary/aromatic N) is 3. The van der Waals surface area contributed by atoms with Crippen LogP contribution >= 0.6 is 0 Å². The summed E-state index contributed by atoms with van der Waals surface area (Å²) in [5, 5.41) is 28.4. The normalized spacial score (nSPS) is 11.4. The lowest BCUT2D eigenvalue weighted by Crippen LogP contribution is -2.13. The van der Waals surface area contributed by atoms with E-state index < -0.39 is 23.2 Å². The Kier molecular flexibility index (Phi) is 4.98. The van der Waals surface area contributed by atoms with Gasteiger partial charge in [0.15, 0.2) is 11.5 Å². The number of hydrogen-bond acceptors (Lipinski definition) is 6. The van der Waals surface area contributed by atoms with Gasteiger partial charge in [0, 0.05) is 5.56 Å². The van der Waals surface area contributed by atoms with E-state index in [1.807, 2.05) is 0 Å². The highest BCUT2D eigenvalue weighted by Gasteiger charge is 2.28. The van der Waals surface area contributed by atoms with Crippen LogP contribution in [0.2, 0.25) is 0 Å². The van der Waals surface area contributed by atoms with Crippen LogP contribution in [-0.4, -0.2) is 31.4 Å². The van der Waals surface area contributed by atoms with Crippen LogP contribution in [0, 0.1) is 0 Å². The van der Waals surface area contributed by atoms with Crippen LogP contribution in [0.15, 0.2) is 93.9 Å². The monoisotopic (exact) mass is 452 g/mol. The SMILES string of the molecule is O=C(O)c1ccc(N=Nc2c(C(=O)c3ccccc3)c3c(=O)[nH]c4ccccc4n3c2O)cc1. The fourth-order valence-corrected chi connectivity index (χ4v) is 3.78. The van der Waals surface area contributed by atoms with Crippen molar-refractivity contribution in [1.29, 1.82) is 0 Å². The quantitative estimate of drug-likeness (QED) is 0.259. The minimum atomic E-state index is -1.08. The number of azo groups is 1. The van der Waals surface area contributed by atoms with Crippen molar-refractivity contribution in [2.24, 2.45) is 10.2 Å². The largest absolute Gasteiger partial charge is 0.493 e. The number of fused-ring (bicyclic) bond motifs is 3. The summed E-state index contributed by atoms with van der Waals surface area (Å²) >= 11 is 0. The third-order valence-corrected chi connectivity index (χ3v) is 5.37. The number of carbonyl (C=O) groups is 2. The second kappa shape index (κ2) is 8.14. The molecule has 9 nitrogen and oxygen atoms in total. The minimum absolute atomic E-state index is 0.0553. The molecule has 0 fully saturated rings. The molecule has 166 valence electrons. The first kappa shape index (κ1) is 20.8. The number of aromatic hydroxyl groups is 1. The molecule has 34 heavy (non-hydrogen) atoms. The van der Waals surface area contributed by atoms with Gasteiger partial charge in [0.05, 0.1) is 27.8 Å². The molecule has 0 atom stereocenters. The highest BCUT2D eigenvalue weighted by molar-refractivity contribution is 6.17. The van der Waals surface area contributed by atoms with Gasteiger partial charge in [0.1, 0.15) is 5.52 Å². The van der Waals surface area contributed by atoms with E-state index in [-0.39, 0.29) is 22.3 Å². The number of rotatable bonds is 5. The first-order chi connectivity index (χ1) is 16.5. The van der Waals surface area contributed by atoms with Gasteiger partial charge < -0.3 is 15.2 Å². The summed E-state index contributed by atoms with van der Waals surface area (Å²) < 4.78 is 1.28. The average molecular weight is 452 g/mol. The Morgan fingerprint density at radius 2 is 1.50 bits per heavy atom. The van der Waals surface area contributed by atoms with Gasteiger partial charge in [0.2, 0.25) is 5.88 Å². The second-order valence-electron chi connectivity index (χ2n) is 7.45. The van der Waals surface area contributed by atoms with Gasteiger partial charge >= 0.3 is 5.97 Å². The van der Waals surface area contributed by atoms with Crippen molar-refractivity contribution < 1.29 is 19.8 Å². The van der Waals surface area contributed by atoms with E-state index in [9.17, 15) is 19.5 Å². The molecule has 0 aliphatic heterocycles. The molecule has 0 aliphatic rings. The van der Waals surface area contributed by atoms with Crippen LogP contribution in [0.1, 0.15) is 26.3 Å². The van der Waals surface area contributed by atoms with Crippen LogP contribution < -0.4 is 5.56 Å². The zero-order valence-corrected chi connectivity index (χ0v) is 17.5. The highest BCUT2D eigenvalue weighted by Crippen LogP contribution is 2.39. The van der Waals surface area contributed by atoms with Crippen molar-refractivity contribution in [3.05, 3.63) is 106 Å². The first-order valence-electron chi connectivity index (χ1n) is 10.2. The lowest BCUT2D eigenvalue weighted by atomic mass is 10.0. The molecule has 2 aromatic heterocycles. The molecular weight excluding hydrogens is 436 g/mol. The molecule has 0 amide bonds. The van der Waals surface area contributed by atoms with E-state index in [1.54, 1.807) is 54.6 Å². The maximum absolute atomic E-state index is 13.5. The number of hydrogen-bond donors (Lipinski definition) is 3. The van der Waals surface area contributed by atoms with Crippen LogP contribution in [0.25, 0.3) is 16.6 Å². The van der Waals surface area contributed by atoms with E-state index in [1.165, 1.54) is 28.7 Å². The van der Waals surface area contributed by atoms with Crippen molar-refractivity contribution in [2.75, 3.05) is 0 Å². The summed E-state index contributed by atoms with van der Waals surface area (Å²) in [6, 6.07) is 20.8. The highest BCUT2D eigenvalue weighted by atomic mass is 16.4. The van der Waals surface area contributed by atoms with E-state index in [0.717, 1.165) is 0 Å². The molecule has 9 heteroatoms. The number of carbonyl (C=O) groups excluding carboxylic acids is 1. The zero-order chi connectivity index (χ0) is 23.8. The van der Waals surface area contributed by atoms with Gasteiger partial charge in [0.25, 0.3) is 5.56 Å². The Morgan fingerprint density at radius 1 is 0.824 bits per heavy atom. The van der Waals surface area contributed by atoms with Crippen molar-refractivity contribution in [3.63, 3.8) is 0 Å². The molecule has 0 radical (unpaired) electrons. The summed E-state index contributed by atoms with van der Waals surface area (Å²) in [4.78, 5) is 40.3. The number of aromatic nitrogens is 2. The average Bonchev–Trinajstić information content (AvgIpc) is 3.16. The molecule has 0 bridgehead atoms. The lowest BCUT2D eigenvalue weighted by Gasteiger charge is -2.04. The van der Waals surface area contributed by atoms with Crippen molar-refractivity contribution >= 4 is 39.7 Å². The molecular formula is C25H16N4O5. The molecule has 2 heterocycles. The van der Waals surface area contributed by atoms with Crippen LogP contribution in [-0.2, 0) is 0 Å². The Hall–Kier alpha value is -5.05. The van der Waals surface area contributed by atoms with E-state index >= 15 is 0 Å². The number of ketones is 1. The summed E-state index contributed by atoms with van der Waals surface area (Å²) in [5.41, 5.74) is 0.747. The number of para-hydroxylation sites is 2. The van der Waals surface area contributed by atoms with Crippen LogP contribution in [0.3, 0.4) is 0 Å². The van der Waals surface area contributed by atoms with E-state index in [2.05, 4.69) is 15.2 Å². The topological polar surface area (TPSA) is 137 Å². The predicted molar refractivity (Wildman–Crippen MR) is 125 cm³/mol. The number of nitrogens with one attached hydrogen (secondary N) is 1. The molecule has 0 spiro atoms. The first-order valence-corrected chi connectivity index (χ1v) is 10.2. The van der Waals surface area contributed by atoms with Crippen LogP contribution in [0.5, 0.6) is 5.88 Å². The van der Waals surface area contributed by atoms with Gasteiger partial charge in [-0.25, -0.2) is 4.79 Å². The molecule has 5 aromatic rings. The van der Waals surface area contributed by atoms with Gasteiger partial charge in [-0.05, 0) is 36.4 Å². The summed E-state index contributed by atoms with van der Waals surface area (Å²) in [6.07, 6.45) is 0. The molecule has 3 N–H and O–H groups in total. The summed E-state index contributed by atoms with van der Waals surface area (Å²) in [6.45, 7) is 0. The molecule has 5 rings (SSSR count). The van der Waals surface area contributed by atoms with Gasteiger partial charge in [-0.3, -0.25) is 14.0 Å². The second-order valence-corrected chi connectivity index (χ2v) is 7.45. The Morgan fingerprint density at radius 3 is 2.21 bits per heavy atom. The fraction of sp³-hybridized carbons (Fsp3) is 0. The third kappa shape index (κ3) is 3.41. The number of carboxylic acids is 1. The Bertz CT molecular complexity index is 1670. The number of H-pyrrole nitrogens is 1. The van der Waals surface area contributed by atoms with Crippen molar-refractivity contribution in [1.82, 2.24) is 9.38 Å². The van der Waals surface area contributed by atoms with Gasteiger partial charge in [-0.2, -0.15) is 5.11 Å². The lowest BCUT2D eigenvalue weighted by molar-refractivity contribution is 0.0696. The molecule has 0 saturated heterocycles. The number of aromatic carboxylic acids is 1. The molecule has 3 aromatic carbocycles. The maximum atomic E-state index is 13.5. The summed E-state index contributed by atoms with van der Waals surface area (Å²) in [5.74, 6) is -2.00. The Balaban J connectivity index is 1.77. The molecule has 0 saturated carbocycles. The third-order valence-electron chi connectivity index (χ3n) is 5.37. The minimum Gasteiger partial charge on any atom is -0.493 e. The molecule has 0 aliphatic carbocycles. The smallest absolute Gasteiger partial charge is 0.335 e. The molecule has 0 unspecified atom stereocenters. The van der Waals surface area contributed by atoms with Gasteiger partial charge in [-0.15, -0.1) is 5.11 Å². The van der Waals surface area contributed by atoms with Crippen LogP contribution in [0.4, 0.5) is 11.4 Å². The number of carboxylic acid groups (broad SMARTS) is 1. The van der Waals surface area contributed by atoms with Crippen molar-refractivity contribution in [2.45, 2.75) is 0 Å². The predicted octanol–water partition coefficient (Wildman–Crippen LogP) is 4.83. The summed E-state index contributed by atoms with van der Waals surface area (Å²) in [7, 11) is 0. The maximum Gasteiger partial charge on any atom is 0.335 e. The zero-order valence-electron chi connectivity index (χ0n) is 17.5. The van der Waals surface area contributed by atoms with Gasteiger partial charge in [-0.1, -0.05) is 42.5 Å². The van der Waals surface area contributed by atoms with E-state index in [4.69, 9.17) is 5.11 Å². The van der Waals surface area contributed by atoms with E-state index in [0.29, 0.717) is 22.3 Å². The fourth-order valence-electron chi connectivity index (χ4n) is 3.78. The van der Waals surface area contributed by atoms with Crippen molar-refractivity contribution in [3.8, 4) is 5.88 Å².